The first kappa shape index (κ1) is 15.2. The maximum Gasteiger partial charge on any atom is 0.405 e. The minimum absolute atomic E-state index is 0.432. The van der Waals surface area contributed by atoms with Gasteiger partial charge in [0.1, 0.15) is 6.54 Å². The van der Waals surface area contributed by atoms with Crippen LogP contribution in [0.1, 0.15) is 23.9 Å². The number of nitrogens with zero attached hydrogens (tertiary/aromatic N) is 2. The molecule has 0 spiro atoms. The monoisotopic (exact) mass is 281 g/mol. The lowest BCUT2D eigenvalue weighted by Crippen LogP contribution is -2.30. The van der Waals surface area contributed by atoms with Gasteiger partial charge in [0.25, 0.3) is 0 Å². The highest BCUT2D eigenvalue weighted by Crippen LogP contribution is 2.28. The van der Waals surface area contributed by atoms with E-state index in [1.807, 2.05) is 14.0 Å². The van der Waals surface area contributed by atoms with E-state index < -0.39 is 12.7 Å². The molecule has 0 aliphatic rings. The molecule has 7 heteroatoms. The molecule has 1 N–H and O–H groups in total. The van der Waals surface area contributed by atoms with E-state index in [1.54, 1.807) is 0 Å². The number of hydrogen-bond donors (Lipinski definition) is 1. The van der Waals surface area contributed by atoms with E-state index in [0.717, 1.165) is 28.3 Å². The molecule has 0 aliphatic carbocycles. The van der Waals surface area contributed by atoms with Gasteiger partial charge < -0.3 is 10.2 Å². The lowest BCUT2D eigenvalue weighted by atomic mass is 10.2. The van der Waals surface area contributed by atoms with Crippen LogP contribution in [0, 0.1) is 0 Å². The normalized spacial score (nSPS) is 11.9. The summed E-state index contributed by atoms with van der Waals surface area (Å²) in [6.07, 6.45) is -2.47. The van der Waals surface area contributed by atoms with E-state index in [9.17, 15) is 13.2 Å². The van der Waals surface area contributed by atoms with Gasteiger partial charge in [0.15, 0.2) is 5.13 Å². The van der Waals surface area contributed by atoms with Gasteiger partial charge in [-0.1, -0.05) is 13.3 Å². The number of rotatable bonds is 6. The fraction of sp³-hybridized carbons (Fsp3) is 0.727. The third kappa shape index (κ3) is 4.45. The van der Waals surface area contributed by atoms with E-state index in [-0.39, 0.29) is 0 Å². The molecule has 1 aromatic heterocycles. The molecule has 18 heavy (non-hydrogen) atoms. The van der Waals surface area contributed by atoms with Crippen molar-refractivity contribution in [2.24, 2.45) is 0 Å². The predicted octanol–water partition coefficient (Wildman–Crippen LogP) is 2.81. The van der Waals surface area contributed by atoms with Crippen molar-refractivity contribution in [3.8, 4) is 0 Å². The summed E-state index contributed by atoms with van der Waals surface area (Å²) in [5.41, 5.74) is 0.904. The van der Waals surface area contributed by atoms with Crippen LogP contribution in [0.4, 0.5) is 18.3 Å². The highest BCUT2D eigenvalue weighted by atomic mass is 32.1. The Morgan fingerprint density at radius 3 is 2.56 bits per heavy atom. The Morgan fingerprint density at radius 1 is 1.39 bits per heavy atom. The molecule has 0 bridgehead atoms. The molecule has 104 valence electrons. The molecule has 0 fully saturated rings. The van der Waals surface area contributed by atoms with Gasteiger partial charge in [-0.3, -0.25) is 0 Å². The summed E-state index contributed by atoms with van der Waals surface area (Å²) in [7, 11) is 3.24. The minimum Gasteiger partial charge on any atom is -0.342 e. The van der Waals surface area contributed by atoms with Gasteiger partial charge in [0.05, 0.1) is 5.69 Å². The molecule has 0 aromatic carbocycles. The SMILES string of the molecule is CCCc1nc(N(C)CC(F)(F)F)sc1CNC. The number of thiazole rings is 1. The zero-order chi connectivity index (χ0) is 13.8. The van der Waals surface area contributed by atoms with Crippen LogP contribution >= 0.6 is 11.3 Å². The summed E-state index contributed by atoms with van der Waals surface area (Å²) in [5, 5.41) is 3.44. The molecule has 0 saturated heterocycles. The van der Waals surface area contributed by atoms with Crippen molar-refractivity contribution in [3.63, 3.8) is 0 Å². The first-order valence-corrected chi connectivity index (χ1v) is 6.60. The second-order valence-corrected chi connectivity index (χ2v) is 5.18. The summed E-state index contributed by atoms with van der Waals surface area (Å²) in [6, 6.07) is 0. The topological polar surface area (TPSA) is 28.2 Å². The zero-order valence-corrected chi connectivity index (χ0v) is 11.6. The number of aromatic nitrogens is 1. The predicted molar refractivity (Wildman–Crippen MR) is 68.2 cm³/mol. The number of anilines is 1. The largest absolute Gasteiger partial charge is 0.405 e. The van der Waals surface area contributed by atoms with Crippen LogP contribution in [0.3, 0.4) is 0 Å². The number of nitrogens with one attached hydrogen (secondary N) is 1. The lowest BCUT2D eigenvalue weighted by Gasteiger charge is -2.17. The second kappa shape index (κ2) is 6.38. The standard InChI is InChI=1S/C11H18F3N3S/c1-4-5-8-9(6-15-2)18-10(16-8)17(3)7-11(12,13)14/h15H,4-7H2,1-3H3. The Labute approximate surface area is 109 Å². The summed E-state index contributed by atoms with van der Waals surface area (Å²) in [4.78, 5) is 6.48. The lowest BCUT2D eigenvalue weighted by molar-refractivity contribution is -0.119. The minimum atomic E-state index is -4.20. The maximum absolute atomic E-state index is 12.3. The molecule has 3 nitrogen and oxygen atoms in total. The quantitative estimate of drug-likeness (QED) is 0.869. The van der Waals surface area contributed by atoms with Crippen molar-refractivity contribution in [3.05, 3.63) is 10.6 Å². The maximum atomic E-state index is 12.3. The average Bonchev–Trinajstić information content (AvgIpc) is 2.61. The van der Waals surface area contributed by atoms with E-state index in [4.69, 9.17) is 0 Å². The molecular weight excluding hydrogens is 263 g/mol. The molecule has 0 unspecified atom stereocenters. The number of hydrogen-bond acceptors (Lipinski definition) is 4. The van der Waals surface area contributed by atoms with Crippen molar-refractivity contribution in [1.82, 2.24) is 10.3 Å². The zero-order valence-electron chi connectivity index (χ0n) is 10.8. The Hall–Kier alpha value is -0.820. The first-order chi connectivity index (χ1) is 8.37. The van der Waals surface area contributed by atoms with Crippen LogP contribution < -0.4 is 10.2 Å². The van der Waals surface area contributed by atoms with Crippen LogP contribution in [0.15, 0.2) is 0 Å². The fourth-order valence-electron chi connectivity index (χ4n) is 1.60. The third-order valence-corrected chi connectivity index (χ3v) is 3.55. The van der Waals surface area contributed by atoms with Crippen molar-refractivity contribution >= 4 is 16.5 Å². The Kier molecular flexibility index (Phi) is 5.40. The summed E-state index contributed by atoms with van der Waals surface area (Å²) in [6.45, 7) is 1.71. The van der Waals surface area contributed by atoms with Crippen LogP contribution in [0.25, 0.3) is 0 Å². The van der Waals surface area contributed by atoms with Crippen molar-refractivity contribution < 1.29 is 13.2 Å². The van der Waals surface area contributed by atoms with Crippen LogP contribution in [-0.2, 0) is 13.0 Å². The van der Waals surface area contributed by atoms with Gasteiger partial charge in [-0.05, 0) is 13.5 Å². The van der Waals surface area contributed by atoms with E-state index in [1.165, 1.54) is 18.4 Å². The summed E-state index contributed by atoms with van der Waals surface area (Å²) < 4.78 is 37.0. The summed E-state index contributed by atoms with van der Waals surface area (Å²) in [5.74, 6) is 0. The van der Waals surface area contributed by atoms with Gasteiger partial charge in [-0.2, -0.15) is 13.2 Å². The van der Waals surface area contributed by atoms with E-state index >= 15 is 0 Å². The Bertz CT molecular complexity index is 353. The molecule has 0 radical (unpaired) electrons. The van der Waals surface area contributed by atoms with Crippen molar-refractivity contribution in [2.75, 3.05) is 25.5 Å². The average molecular weight is 281 g/mol. The van der Waals surface area contributed by atoms with E-state index in [2.05, 4.69) is 10.3 Å². The Morgan fingerprint density at radius 2 is 2.06 bits per heavy atom. The fourth-order valence-corrected chi connectivity index (χ4v) is 2.68. The molecule has 0 aliphatic heterocycles. The third-order valence-electron chi connectivity index (χ3n) is 2.33. The summed E-state index contributed by atoms with van der Waals surface area (Å²) >= 11 is 1.33. The van der Waals surface area contributed by atoms with Gasteiger partial charge >= 0.3 is 6.18 Å². The highest BCUT2D eigenvalue weighted by Gasteiger charge is 2.30. The number of halogens is 3. The smallest absolute Gasteiger partial charge is 0.342 e. The highest BCUT2D eigenvalue weighted by molar-refractivity contribution is 7.15. The molecule has 1 rings (SSSR count). The van der Waals surface area contributed by atoms with E-state index in [0.29, 0.717) is 11.7 Å². The van der Waals surface area contributed by atoms with Gasteiger partial charge in [-0.25, -0.2) is 4.98 Å². The molecule has 1 heterocycles. The van der Waals surface area contributed by atoms with Gasteiger partial charge in [-0.15, -0.1) is 11.3 Å². The van der Waals surface area contributed by atoms with Crippen LogP contribution in [0.5, 0.6) is 0 Å². The first-order valence-electron chi connectivity index (χ1n) is 5.78. The second-order valence-electron chi connectivity index (χ2n) is 4.12. The van der Waals surface area contributed by atoms with Crippen molar-refractivity contribution in [2.45, 2.75) is 32.5 Å². The van der Waals surface area contributed by atoms with Crippen LogP contribution in [-0.4, -0.2) is 31.8 Å². The number of alkyl halides is 3. The van der Waals surface area contributed by atoms with Crippen molar-refractivity contribution in [1.29, 1.82) is 0 Å². The van der Waals surface area contributed by atoms with Gasteiger partial charge in [0.2, 0.25) is 0 Å². The molecule has 0 atom stereocenters. The molecule has 0 amide bonds. The van der Waals surface area contributed by atoms with Gasteiger partial charge in [0, 0.05) is 18.5 Å². The molecular formula is C11H18F3N3S. The Balaban J connectivity index is 2.85. The van der Waals surface area contributed by atoms with Crippen LogP contribution in [0.2, 0.25) is 0 Å². The molecule has 1 aromatic rings. The molecule has 0 saturated carbocycles. The number of aryl methyl sites for hydroxylation is 1.